The molecule has 1 amide bonds. The van der Waals surface area contributed by atoms with Crippen molar-refractivity contribution in [3.05, 3.63) is 58.8 Å². The van der Waals surface area contributed by atoms with Crippen molar-refractivity contribution in [2.24, 2.45) is 0 Å². The van der Waals surface area contributed by atoms with Crippen LogP contribution in [0.3, 0.4) is 0 Å². The van der Waals surface area contributed by atoms with Crippen LogP contribution < -0.4 is 0 Å². The number of carbonyl (C=O) groups excluding carboxylic acids is 1. The minimum atomic E-state index is -3.17. The third-order valence-electron chi connectivity index (χ3n) is 3.98. The summed E-state index contributed by atoms with van der Waals surface area (Å²) in [6.45, 7) is 0.125. The van der Waals surface area contributed by atoms with Gasteiger partial charge in [-0.2, -0.15) is 0 Å². The lowest BCUT2D eigenvalue weighted by Gasteiger charge is -2.28. The Hall–Kier alpha value is -1.86. The van der Waals surface area contributed by atoms with Crippen LogP contribution in [0.4, 0.5) is 4.39 Å². The third kappa shape index (κ3) is 3.62. The highest BCUT2D eigenvalue weighted by Crippen LogP contribution is 2.25. The van der Waals surface area contributed by atoms with Crippen LogP contribution >= 0.6 is 11.6 Å². The van der Waals surface area contributed by atoms with Gasteiger partial charge in [0.1, 0.15) is 11.6 Å². The Morgan fingerprint density at radius 3 is 2.75 bits per heavy atom. The van der Waals surface area contributed by atoms with E-state index >= 15 is 0 Å². The Bertz CT molecular complexity index is 851. The molecular formula is C16H15ClFNO4S. The summed E-state index contributed by atoms with van der Waals surface area (Å²) >= 11 is 5.98. The van der Waals surface area contributed by atoms with E-state index in [9.17, 15) is 17.6 Å². The molecule has 1 fully saturated rings. The number of carbonyl (C=O) groups is 1. The molecule has 1 aliphatic heterocycles. The summed E-state index contributed by atoms with van der Waals surface area (Å²) < 4.78 is 42.1. The molecule has 1 aromatic carbocycles. The Balaban J connectivity index is 1.92. The van der Waals surface area contributed by atoms with Gasteiger partial charge in [-0.3, -0.25) is 4.79 Å². The summed E-state index contributed by atoms with van der Waals surface area (Å²) in [5.41, 5.74) is 0.133. The molecule has 0 N–H and O–H groups in total. The lowest BCUT2D eigenvalue weighted by atomic mass is 10.1. The fraction of sp³-hybridized carbons (Fsp3) is 0.312. The van der Waals surface area contributed by atoms with Crippen molar-refractivity contribution >= 4 is 27.3 Å². The highest BCUT2D eigenvalue weighted by Gasteiger charge is 2.36. The molecule has 5 nitrogen and oxygen atoms in total. The standard InChI is InChI=1S/C16H15ClFNO4S/c17-15-8-11(18)3-4-14(15)16(20)19(9-13-2-1-6-23-13)12-5-7-24(21,22)10-12/h1-4,6,8,12H,5,7,9-10H2/t12-/m1/s1. The summed E-state index contributed by atoms with van der Waals surface area (Å²) in [6.07, 6.45) is 1.84. The van der Waals surface area contributed by atoms with Gasteiger partial charge in [0, 0.05) is 6.04 Å². The van der Waals surface area contributed by atoms with Crippen molar-refractivity contribution in [1.82, 2.24) is 4.90 Å². The zero-order valence-electron chi connectivity index (χ0n) is 12.6. The minimum absolute atomic E-state index is 0.00898. The number of sulfone groups is 1. The van der Waals surface area contributed by atoms with Gasteiger partial charge in [-0.05, 0) is 36.8 Å². The molecule has 1 atom stereocenters. The van der Waals surface area contributed by atoms with E-state index in [0.717, 1.165) is 12.1 Å². The van der Waals surface area contributed by atoms with Crippen LogP contribution in [-0.4, -0.2) is 36.8 Å². The van der Waals surface area contributed by atoms with Crippen molar-refractivity contribution in [1.29, 1.82) is 0 Å². The zero-order chi connectivity index (χ0) is 17.3. The molecule has 0 bridgehead atoms. The second-order valence-electron chi connectivity index (χ2n) is 5.69. The molecule has 0 saturated carbocycles. The van der Waals surface area contributed by atoms with Crippen LogP contribution in [-0.2, 0) is 16.4 Å². The zero-order valence-corrected chi connectivity index (χ0v) is 14.2. The van der Waals surface area contributed by atoms with Gasteiger partial charge >= 0.3 is 0 Å². The maximum Gasteiger partial charge on any atom is 0.256 e. The number of amides is 1. The highest BCUT2D eigenvalue weighted by atomic mass is 35.5. The van der Waals surface area contributed by atoms with Crippen LogP contribution in [0.5, 0.6) is 0 Å². The second-order valence-corrected chi connectivity index (χ2v) is 8.33. The predicted molar refractivity (Wildman–Crippen MR) is 87.1 cm³/mol. The summed E-state index contributed by atoms with van der Waals surface area (Å²) in [5.74, 6) is -0.517. The van der Waals surface area contributed by atoms with E-state index in [1.807, 2.05) is 0 Å². The van der Waals surface area contributed by atoms with E-state index in [1.165, 1.54) is 17.2 Å². The SMILES string of the molecule is O=C(c1ccc(F)cc1Cl)N(Cc1ccco1)[C@@H]1CCS(=O)(=O)C1. The lowest BCUT2D eigenvalue weighted by molar-refractivity contribution is 0.0666. The molecule has 1 aliphatic rings. The van der Waals surface area contributed by atoms with E-state index in [-0.39, 0.29) is 28.6 Å². The first-order valence-electron chi connectivity index (χ1n) is 7.34. The van der Waals surface area contributed by atoms with Gasteiger partial charge in [-0.1, -0.05) is 11.6 Å². The first-order valence-corrected chi connectivity index (χ1v) is 9.54. The van der Waals surface area contributed by atoms with Crippen LogP contribution in [0.1, 0.15) is 22.5 Å². The van der Waals surface area contributed by atoms with Gasteiger partial charge < -0.3 is 9.32 Å². The average molecular weight is 372 g/mol. The number of halogens is 2. The smallest absolute Gasteiger partial charge is 0.256 e. The summed E-state index contributed by atoms with van der Waals surface area (Å²) in [7, 11) is -3.17. The summed E-state index contributed by atoms with van der Waals surface area (Å²) in [5, 5.41) is -0.00898. The number of nitrogens with zero attached hydrogens (tertiary/aromatic N) is 1. The third-order valence-corrected chi connectivity index (χ3v) is 6.04. The monoisotopic (exact) mass is 371 g/mol. The van der Waals surface area contributed by atoms with Gasteiger partial charge in [0.05, 0.1) is 34.9 Å². The van der Waals surface area contributed by atoms with Crippen LogP contribution in [0, 0.1) is 5.82 Å². The first-order chi connectivity index (χ1) is 11.4. The number of furan rings is 1. The molecular weight excluding hydrogens is 357 g/mol. The Morgan fingerprint density at radius 1 is 1.38 bits per heavy atom. The molecule has 0 unspecified atom stereocenters. The highest BCUT2D eigenvalue weighted by molar-refractivity contribution is 7.91. The molecule has 8 heteroatoms. The number of benzene rings is 1. The molecule has 2 heterocycles. The van der Waals surface area contributed by atoms with Crippen LogP contribution in [0.2, 0.25) is 5.02 Å². The van der Waals surface area contributed by atoms with Crippen molar-refractivity contribution in [3.8, 4) is 0 Å². The first kappa shape index (κ1) is 17.0. The fourth-order valence-corrected chi connectivity index (χ4v) is 4.75. The Morgan fingerprint density at radius 2 is 2.17 bits per heavy atom. The predicted octanol–water partition coefficient (Wildman–Crippen LogP) is 2.90. The van der Waals surface area contributed by atoms with Gasteiger partial charge in [0.15, 0.2) is 9.84 Å². The maximum atomic E-state index is 13.2. The molecule has 0 radical (unpaired) electrons. The molecule has 1 saturated heterocycles. The molecule has 0 aliphatic carbocycles. The topological polar surface area (TPSA) is 67.6 Å². The van der Waals surface area contributed by atoms with Crippen molar-refractivity contribution < 1.29 is 22.0 Å². The molecule has 1 aromatic heterocycles. The number of rotatable bonds is 4. The second kappa shape index (κ2) is 6.57. The van der Waals surface area contributed by atoms with E-state index in [2.05, 4.69) is 0 Å². The fourth-order valence-electron chi connectivity index (χ4n) is 2.78. The summed E-state index contributed by atoms with van der Waals surface area (Å²) in [4.78, 5) is 14.3. The molecule has 3 rings (SSSR count). The number of hydrogen-bond donors (Lipinski definition) is 0. The Labute approximate surface area is 143 Å². The van der Waals surface area contributed by atoms with Gasteiger partial charge in [0.25, 0.3) is 5.91 Å². The van der Waals surface area contributed by atoms with Gasteiger partial charge in [-0.25, -0.2) is 12.8 Å². The van der Waals surface area contributed by atoms with Crippen LogP contribution in [0.25, 0.3) is 0 Å². The van der Waals surface area contributed by atoms with Crippen molar-refractivity contribution in [3.63, 3.8) is 0 Å². The van der Waals surface area contributed by atoms with Gasteiger partial charge in [0.2, 0.25) is 0 Å². The largest absolute Gasteiger partial charge is 0.467 e. The molecule has 2 aromatic rings. The maximum absolute atomic E-state index is 13.2. The minimum Gasteiger partial charge on any atom is -0.467 e. The quantitative estimate of drug-likeness (QED) is 0.828. The lowest BCUT2D eigenvalue weighted by Crippen LogP contribution is -2.40. The normalized spacial score (nSPS) is 19.3. The van der Waals surface area contributed by atoms with Crippen molar-refractivity contribution in [2.75, 3.05) is 11.5 Å². The van der Waals surface area contributed by atoms with Gasteiger partial charge in [-0.15, -0.1) is 0 Å². The number of hydrogen-bond acceptors (Lipinski definition) is 4. The van der Waals surface area contributed by atoms with Crippen molar-refractivity contribution in [2.45, 2.75) is 19.0 Å². The Kier molecular flexibility index (Phi) is 4.64. The van der Waals surface area contributed by atoms with E-state index in [4.69, 9.17) is 16.0 Å². The van der Waals surface area contributed by atoms with E-state index in [0.29, 0.717) is 12.2 Å². The average Bonchev–Trinajstić information content (AvgIpc) is 3.13. The van der Waals surface area contributed by atoms with Crippen LogP contribution in [0.15, 0.2) is 41.0 Å². The molecule has 128 valence electrons. The molecule has 0 spiro atoms. The van der Waals surface area contributed by atoms with E-state index in [1.54, 1.807) is 12.1 Å². The van der Waals surface area contributed by atoms with E-state index < -0.39 is 27.6 Å². The summed E-state index contributed by atoms with van der Waals surface area (Å²) in [6, 6.07) is 6.44. The molecule has 24 heavy (non-hydrogen) atoms.